The van der Waals surface area contributed by atoms with Crippen molar-refractivity contribution in [3.63, 3.8) is 0 Å². The van der Waals surface area contributed by atoms with E-state index in [2.05, 4.69) is 71.9 Å². The minimum atomic E-state index is 0.959. The molecule has 26 heavy (non-hydrogen) atoms. The third-order valence-corrected chi connectivity index (χ3v) is 4.86. The van der Waals surface area contributed by atoms with Gasteiger partial charge in [-0.25, -0.2) is 4.98 Å². The maximum atomic E-state index is 4.74. The van der Waals surface area contributed by atoms with Crippen molar-refractivity contribution in [3.8, 4) is 28.1 Å². The topological polar surface area (TPSA) is 30.7 Å². The first kappa shape index (κ1) is 16.3. The molecular formula is C23H21N3. The predicted molar refractivity (Wildman–Crippen MR) is 106 cm³/mol. The van der Waals surface area contributed by atoms with Crippen LogP contribution in [0.1, 0.15) is 17.0 Å². The smallest absolute Gasteiger partial charge is 0.110 e. The summed E-state index contributed by atoms with van der Waals surface area (Å²) in [6.07, 6.45) is 5.72. The molecular weight excluding hydrogens is 318 g/mol. The minimum absolute atomic E-state index is 0.959. The van der Waals surface area contributed by atoms with E-state index < -0.39 is 0 Å². The van der Waals surface area contributed by atoms with Gasteiger partial charge in [-0.05, 0) is 43.5 Å². The van der Waals surface area contributed by atoms with Gasteiger partial charge < -0.3 is 4.57 Å². The predicted octanol–water partition coefficient (Wildman–Crippen LogP) is 5.53. The quantitative estimate of drug-likeness (QED) is 0.491. The fourth-order valence-electron chi connectivity index (χ4n) is 3.28. The van der Waals surface area contributed by atoms with Crippen LogP contribution in [0, 0.1) is 20.8 Å². The summed E-state index contributed by atoms with van der Waals surface area (Å²) < 4.78 is 2.12. The zero-order valence-corrected chi connectivity index (χ0v) is 15.3. The average molecular weight is 339 g/mol. The third kappa shape index (κ3) is 2.82. The molecule has 0 fully saturated rings. The third-order valence-electron chi connectivity index (χ3n) is 4.86. The molecule has 0 aliphatic rings. The number of rotatable bonds is 3. The second-order valence-corrected chi connectivity index (χ2v) is 6.56. The molecule has 0 aliphatic carbocycles. The van der Waals surface area contributed by atoms with Crippen molar-refractivity contribution in [2.75, 3.05) is 0 Å². The number of aryl methyl sites for hydroxylation is 3. The molecule has 2 aromatic carbocycles. The van der Waals surface area contributed by atoms with Crippen molar-refractivity contribution in [2.45, 2.75) is 20.8 Å². The van der Waals surface area contributed by atoms with E-state index in [-0.39, 0.29) is 0 Å². The Morgan fingerprint density at radius 3 is 2.23 bits per heavy atom. The molecule has 0 atom stereocenters. The van der Waals surface area contributed by atoms with Crippen LogP contribution in [0.5, 0.6) is 0 Å². The maximum absolute atomic E-state index is 4.74. The molecule has 2 heterocycles. The molecule has 0 N–H and O–H groups in total. The summed E-state index contributed by atoms with van der Waals surface area (Å²) in [4.78, 5) is 9.15. The van der Waals surface area contributed by atoms with Gasteiger partial charge in [-0.2, -0.15) is 0 Å². The number of pyridine rings is 1. The Balaban J connectivity index is 2.05. The van der Waals surface area contributed by atoms with Gasteiger partial charge in [0.15, 0.2) is 0 Å². The first-order chi connectivity index (χ1) is 12.6. The lowest BCUT2D eigenvalue weighted by atomic mass is 9.95. The Kier molecular flexibility index (Phi) is 4.13. The minimum Gasteiger partial charge on any atom is -0.303 e. The van der Waals surface area contributed by atoms with E-state index in [0.29, 0.717) is 0 Å². The van der Waals surface area contributed by atoms with Crippen LogP contribution in [-0.2, 0) is 0 Å². The van der Waals surface area contributed by atoms with Gasteiger partial charge in [0.1, 0.15) is 5.82 Å². The summed E-state index contributed by atoms with van der Waals surface area (Å²) >= 11 is 0. The molecule has 0 radical (unpaired) electrons. The Hall–Kier alpha value is -3.20. The number of hydrogen-bond donors (Lipinski definition) is 0. The average Bonchev–Trinajstić information content (AvgIpc) is 3.10. The van der Waals surface area contributed by atoms with E-state index in [1.165, 1.54) is 16.7 Å². The summed E-state index contributed by atoms with van der Waals surface area (Å²) in [7, 11) is 0. The molecule has 0 saturated heterocycles. The summed E-state index contributed by atoms with van der Waals surface area (Å²) in [5.41, 5.74) is 8.06. The highest BCUT2D eigenvalue weighted by Gasteiger charge is 2.16. The highest BCUT2D eigenvalue weighted by molar-refractivity contribution is 5.87. The van der Waals surface area contributed by atoms with Crippen LogP contribution in [-0.4, -0.2) is 14.5 Å². The fraction of sp³-hybridized carbons (Fsp3) is 0.130. The van der Waals surface area contributed by atoms with Crippen LogP contribution < -0.4 is 0 Å². The molecule has 4 aromatic rings. The molecule has 0 unspecified atom stereocenters. The van der Waals surface area contributed by atoms with E-state index in [1.807, 2.05) is 31.6 Å². The van der Waals surface area contributed by atoms with Crippen LogP contribution in [0.4, 0.5) is 0 Å². The van der Waals surface area contributed by atoms with Crippen molar-refractivity contribution in [3.05, 3.63) is 90.1 Å². The highest BCUT2D eigenvalue weighted by atomic mass is 15.1. The Bertz CT molecular complexity index is 1060. The van der Waals surface area contributed by atoms with Gasteiger partial charge in [-0.3, -0.25) is 4.98 Å². The molecule has 0 bridgehead atoms. The summed E-state index contributed by atoms with van der Waals surface area (Å²) in [6, 6.07) is 19.0. The van der Waals surface area contributed by atoms with Crippen LogP contribution in [0.25, 0.3) is 28.1 Å². The lowest BCUT2D eigenvalue weighted by Gasteiger charge is -2.17. The number of benzene rings is 2. The monoisotopic (exact) mass is 339 g/mol. The van der Waals surface area contributed by atoms with Crippen LogP contribution >= 0.6 is 0 Å². The fourth-order valence-corrected chi connectivity index (χ4v) is 3.28. The zero-order valence-electron chi connectivity index (χ0n) is 15.3. The molecule has 2 aromatic heterocycles. The van der Waals surface area contributed by atoms with E-state index in [4.69, 9.17) is 4.98 Å². The van der Waals surface area contributed by atoms with Gasteiger partial charge in [-0.15, -0.1) is 0 Å². The molecule has 0 aliphatic heterocycles. The van der Waals surface area contributed by atoms with Crippen LogP contribution in [0.2, 0.25) is 0 Å². The van der Waals surface area contributed by atoms with Gasteiger partial charge in [-0.1, -0.05) is 48.5 Å². The van der Waals surface area contributed by atoms with E-state index >= 15 is 0 Å². The van der Waals surface area contributed by atoms with Crippen molar-refractivity contribution >= 4 is 0 Å². The first-order valence-electron chi connectivity index (χ1n) is 8.77. The molecule has 128 valence electrons. The zero-order chi connectivity index (χ0) is 18.1. The Morgan fingerprint density at radius 2 is 1.54 bits per heavy atom. The molecule has 0 amide bonds. The van der Waals surface area contributed by atoms with Crippen molar-refractivity contribution in [2.24, 2.45) is 0 Å². The second kappa shape index (κ2) is 6.60. The summed E-state index contributed by atoms with van der Waals surface area (Å²) in [5.74, 6) is 0.959. The summed E-state index contributed by atoms with van der Waals surface area (Å²) in [5, 5.41) is 0. The summed E-state index contributed by atoms with van der Waals surface area (Å²) in [6.45, 7) is 6.31. The van der Waals surface area contributed by atoms with Gasteiger partial charge >= 0.3 is 0 Å². The van der Waals surface area contributed by atoms with E-state index in [0.717, 1.165) is 28.3 Å². The van der Waals surface area contributed by atoms with Gasteiger partial charge in [0.05, 0.1) is 11.4 Å². The first-order valence-corrected chi connectivity index (χ1v) is 8.77. The number of aromatic nitrogens is 3. The van der Waals surface area contributed by atoms with Gasteiger partial charge in [0, 0.05) is 29.7 Å². The highest BCUT2D eigenvalue weighted by Crippen LogP contribution is 2.36. The Labute approximate surface area is 154 Å². The van der Waals surface area contributed by atoms with Gasteiger partial charge in [0.25, 0.3) is 0 Å². The largest absolute Gasteiger partial charge is 0.303 e. The number of nitrogens with zero attached hydrogens (tertiary/aromatic N) is 3. The van der Waals surface area contributed by atoms with Crippen LogP contribution in [0.15, 0.2) is 73.2 Å². The normalized spacial score (nSPS) is 10.9. The number of hydrogen-bond acceptors (Lipinski definition) is 2. The molecule has 3 nitrogen and oxygen atoms in total. The van der Waals surface area contributed by atoms with Crippen molar-refractivity contribution in [1.82, 2.24) is 14.5 Å². The maximum Gasteiger partial charge on any atom is 0.110 e. The number of imidazole rings is 1. The van der Waals surface area contributed by atoms with Crippen molar-refractivity contribution in [1.29, 1.82) is 0 Å². The standard InChI is InChI=1S/C23H21N3/c1-16-9-10-20(15-17(16)2)22-21(26-14-13-24-18(26)3)11-12-25-23(22)19-7-5-4-6-8-19/h4-15H,1-3H3. The molecule has 3 heteroatoms. The van der Waals surface area contributed by atoms with E-state index in [9.17, 15) is 0 Å². The van der Waals surface area contributed by atoms with Crippen LogP contribution in [0.3, 0.4) is 0 Å². The lowest BCUT2D eigenvalue weighted by molar-refractivity contribution is 0.973. The molecule has 0 spiro atoms. The second-order valence-electron chi connectivity index (χ2n) is 6.56. The SMILES string of the molecule is Cc1ccc(-c2c(-n3ccnc3C)ccnc2-c2ccccc2)cc1C. The Morgan fingerprint density at radius 1 is 0.731 bits per heavy atom. The lowest BCUT2D eigenvalue weighted by Crippen LogP contribution is -2.02. The van der Waals surface area contributed by atoms with Gasteiger partial charge in [0.2, 0.25) is 0 Å². The van der Waals surface area contributed by atoms with Crippen molar-refractivity contribution < 1.29 is 0 Å². The molecule has 4 rings (SSSR count). The van der Waals surface area contributed by atoms with E-state index in [1.54, 1.807) is 0 Å². The molecule has 0 saturated carbocycles.